The Labute approximate surface area is 165 Å². The van der Waals surface area contributed by atoms with E-state index in [2.05, 4.69) is 53.6 Å². The van der Waals surface area contributed by atoms with Crippen LogP contribution in [0.15, 0.2) is 34.9 Å². The van der Waals surface area contributed by atoms with Gasteiger partial charge in [0, 0.05) is 11.6 Å². The second-order valence-corrected chi connectivity index (χ2v) is 7.99. The van der Waals surface area contributed by atoms with Gasteiger partial charge in [0.25, 0.3) is 11.6 Å². The SMILES string of the molecule is CCC(C)c1ccc(C(C)NC(=O)c2cc(C3CC3)nc3onc(C)c23)cc1. The van der Waals surface area contributed by atoms with Gasteiger partial charge in [0.2, 0.25) is 0 Å². The average molecular weight is 377 g/mol. The molecule has 0 aliphatic heterocycles. The highest BCUT2D eigenvalue weighted by atomic mass is 16.5. The van der Waals surface area contributed by atoms with Crippen LogP contribution in [-0.2, 0) is 0 Å². The molecule has 28 heavy (non-hydrogen) atoms. The molecular formula is C23H27N3O2. The number of benzene rings is 1. The fourth-order valence-corrected chi connectivity index (χ4v) is 3.59. The van der Waals surface area contributed by atoms with Gasteiger partial charge in [0.1, 0.15) is 0 Å². The van der Waals surface area contributed by atoms with E-state index in [-0.39, 0.29) is 11.9 Å². The van der Waals surface area contributed by atoms with Gasteiger partial charge < -0.3 is 9.84 Å². The number of hydrogen-bond donors (Lipinski definition) is 1. The second-order valence-electron chi connectivity index (χ2n) is 7.99. The van der Waals surface area contributed by atoms with E-state index >= 15 is 0 Å². The quantitative estimate of drug-likeness (QED) is 0.623. The summed E-state index contributed by atoms with van der Waals surface area (Å²) in [5.74, 6) is 0.868. The Kier molecular flexibility index (Phi) is 4.92. The third-order valence-electron chi connectivity index (χ3n) is 5.84. The number of rotatable bonds is 6. The van der Waals surface area contributed by atoms with Gasteiger partial charge in [-0.05, 0) is 56.2 Å². The first-order valence-corrected chi connectivity index (χ1v) is 10.2. The molecule has 1 aromatic carbocycles. The summed E-state index contributed by atoms with van der Waals surface area (Å²) in [6.45, 7) is 8.28. The van der Waals surface area contributed by atoms with Crippen molar-refractivity contribution in [3.8, 4) is 0 Å². The number of pyridine rings is 1. The van der Waals surface area contributed by atoms with Gasteiger partial charge in [0.15, 0.2) is 0 Å². The van der Waals surface area contributed by atoms with E-state index in [1.54, 1.807) is 0 Å². The summed E-state index contributed by atoms with van der Waals surface area (Å²) in [6.07, 6.45) is 3.35. The highest BCUT2D eigenvalue weighted by Crippen LogP contribution is 2.40. The molecule has 2 heterocycles. The van der Waals surface area contributed by atoms with E-state index in [4.69, 9.17) is 4.52 Å². The summed E-state index contributed by atoms with van der Waals surface area (Å²) in [6, 6.07) is 10.4. The van der Waals surface area contributed by atoms with Crippen LogP contribution >= 0.6 is 0 Å². The number of nitrogens with zero attached hydrogens (tertiary/aromatic N) is 2. The molecule has 1 aliphatic rings. The van der Waals surface area contributed by atoms with Crippen molar-refractivity contribution >= 4 is 17.0 Å². The van der Waals surface area contributed by atoms with E-state index in [9.17, 15) is 4.79 Å². The Balaban J connectivity index is 1.58. The summed E-state index contributed by atoms with van der Waals surface area (Å²) < 4.78 is 5.35. The van der Waals surface area contributed by atoms with Crippen molar-refractivity contribution in [2.45, 2.75) is 64.8 Å². The van der Waals surface area contributed by atoms with E-state index in [1.165, 1.54) is 5.56 Å². The molecule has 2 aromatic heterocycles. The molecular weight excluding hydrogens is 350 g/mol. The molecule has 1 amide bonds. The Bertz CT molecular complexity index is 1000. The van der Waals surface area contributed by atoms with Gasteiger partial charge in [-0.3, -0.25) is 4.79 Å². The number of amides is 1. The molecule has 1 fully saturated rings. The first-order valence-electron chi connectivity index (χ1n) is 10.2. The number of aromatic nitrogens is 2. The van der Waals surface area contributed by atoms with Gasteiger partial charge in [-0.15, -0.1) is 0 Å². The predicted octanol–water partition coefficient (Wildman–Crippen LogP) is 5.41. The first-order chi connectivity index (χ1) is 13.5. The minimum Gasteiger partial charge on any atom is -0.345 e. The van der Waals surface area contributed by atoms with Crippen molar-refractivity contribution in [2.75, 3.05) is 0 Å². The molecule has 1 N–H and O–H groups in total. The van der Waals surface area contributed by atoms with Crippen molar-refractivity contribution < 1.29 is 9.32 Å². The highest BCUT2D eigenvalue weighted by molar-refractivity contribution is 6.06. The average Bonchev–Trinajstić information content (AvgIpc) is 3.50. The van der Waals surface area contributed by atoms with E-state index in [1.807, 2.05) is 19.9 Å². The van der Waals surface area contributed by atoms with Crippen LogP contribution in [0.1, 0.15) is 90.8 Å². The minimum atomic E-state index is -0.112. The fourth-order valence-electron chi connectivity index (χ4n) is 3.59. The molecule has 1 saturated carbocycles. The first kappa shape index (κ1) is 18.7. The summed E-state index contributed by atoms with van der Waals surface area (Å²) in [5, 5.41) is 7.86. The van der Waals surface area contributed by atoms with Crippen LogP contribution in [0.2, 0.25) is 0 Å². The lowest BCUT2D eigenvalue weighted by Crippen LogP contribution is -2.27. The van der Waals surface area contributed by atoms with Crippen molar-refractivity contribution in [1.29, 1.82) is 0 Å². The molecule has 4 rings (SSSR count). The van der Waals surface area contributed by atoms with Crippen LogP contribution in [-0.4, -0.2) is 16.0 Å². The highest BCUT2D eigenvalue weighted by Gasteiger charge is 2.29. The Hall–Kier alpha value is -2.69. The monoisotopic (exact) mass is 377 g/mol. The normalized spacial score (nSPS) is 16.1. The zero-order chi connectivity index (χ0) is 19.8. The van der Waals surface area contributed by atoms with Gasteiger partial charge in [-0.25, -0.2) is 4.98 Å². The van der Waals surface area contributed by atoms with Crippen molar-refractivity contribution in [3.63, 3.8) is 0 Å². The topological polar surface area (TPSA) is 68.0 Å². The maximum absolute atomic E-state index is 13.1. The predicted molar refractivity (Wildman–Crippen MR) is 110 cm³/mol. The molecule has 5 nitrogen and oxygen atoms in total. The number of carbonyl (C=O) groups is 1. The van der Waals surface area contributed by atoms with Crippen LogP contribution in [0.3, 0.4) is 0 Å². The number of fused-ring (bicyclic) bond motifs is 1. The molecule has 146 valence electrons. The number of carbonyl (C=O) groups excluding carboxylic acids is 1. The maximum atomic E-state index is 13.1. The number of aryl methyl sites for hydroxylation is 1. The van der Waals surface area contributed by atoms with E-state index < -0.39 is 0 Å². The minimum absolute atomic E-state index is 0.0914. The summed E-state index contributed by atoms with van der Waals surface area (Å²) in [4.78, 5) is 17.7. The lowest BCUT2D eigenvalue weighted by Gasteiger charge is -2.17. The smallest absolute Gasteiger partial charge is 0.259 e. The van der Waals surface area contributed by atoms with Gasteiger partial charge in [0.05, 0.1) is 22.7 Å². The van der Waals surface area contributed by atoms with Crippen molar-refractivity contribution in [1.82, 2.24) is 15.5 Å². The maximum Gasteiger partial charge on any atom is 0.259 e. The van der Waals surface area contributed by atoms with E-state index in [0.29, 0.717) is 34.2 Å². The van der Waals surface area contributed by atoms with Crippen LogP contribution < -0.4 is 5.32 Å². The molecule has 3 aromatic rings. The van der Waals surface area contributed by atoms with Crippen LogP contribution in [0.4, 0.5) is 0 Å². The number of hydrogen-bond acceptors (Lipinski definition) is 4. The third kappa shape index (κ3) is 3.53. The molecule has 1 aliphatic carbocycles. The van der Waals surface area contributed by atoms with Crippen LogP contribution in [0.25, 0.3) is 11.1 Å². The molecule has 5 heteroatoms. The Morgan fingerprint density at radius 3 is 2.54 bits per heavy atom. The summed E-state index contributed by atoms with van der Waals surface area (Å²) in [7, 11) is 0. The van der Waals surface area contributed by atoms with Crippen LogP contribution in [0, 0.1) is 6.92 Å². The zero-order valence-electron chi connectivity index (χ0n) is 17.0. The largest absolute Gasteiger partial charge is 0.345 e. The summed E-state index contributed by atoms with van der Waals surface area (Å²) in [5.41, 5.74) is 5.11. The number of nitrogens with one attached hydrogen (secondary N) is 1. The van der Waals surface area contributed by atoms with E-state index in [0.717, 1.165) is 30.5 Å². The van der Waals surface area contributed by atoms with Crippen molar-refractivity contribution in [2.24, 2.45) is 0 Å². The van der Waals surface area contributed by atoms with Gasteiger partial charge >= 0.3 is 0 Å². The van der Waals surface area contributed by atoms with Gasteiger partial charge in [-0.2, -0.15) is 0 Å². The zero-order valence-corrected chi connectivity index (χ0v) is 17.0. The molecule has 2 unspecified atom stereocenters. The van der Waals surface area contributed by atoms with Gasteiger partial charge in [-0.1, -0.05) is 43.3 Å². The fraction of sp³-hybridized carbons (Fsp3) is 0.435. The second kappa shape index (κ2) is 7.38. The standard InChI is InChI=1S/C23H27N3O2/c1-5-13(2)16-6-8-17(9-7-16)14(3)24-22(27)19-12-20(18-10-11-18)25-23-21(19)15(4)26-28-23/h6-9,12-14,18H,5,10-11H2,1-4H3,(H,24,27). The lowest BCUT2D eigenvalue weighted by molar-refractivity contribution is 0.0941. The lowest BCUT2D eigenvalue weighted by atomic mass is 9.96. The van der Waals surface area contributed by atoms with Crippen molar-refractivity contribution in [3.05, 3.63) is 58.4 Å². The molecule has 2 atom stereocenters. The molecule has 0 saturated heterocycles. The Morgan fingerprint density at radius 1 is 1.21 bits per heavy atom. The molecule has 0 spiro atoms. The summed E-state index contributed by atoms with van der Waals surface area (Å²) >= 11 is 0. The third-order valence-corrected chi connectivity index (χ3v) is 5.84. The molecule has 0 radical (unpaired) electrons. The Morgan fingerprint density at radius 2 is 1.89 bits per heavy atom. The van der Waals surface area contributed by atoms with Crippen LogP contribution in [0.5, 0.6) is 0 Å². The molecule has 0 bridgehead atoms.